The number of rotatable bonds is 9. The summed E-state index contributed by atoms with van der Waals surface area (Å²) in [4.78, 5) is 38.2. The Morgan fingerprint density at radius 3 is 2.21 bits per heavy atom. The van der Waals surface area contributed by atoms with Gasteiger partial charge in [0.1, 0.15) is 6.61 Å². The van der Waals surface area contributed by atoms with Crippen molar-refractivity contribution in [2.45, 2.75) is 32.6 Å². The number of ether oxygens (including phenoxy) is 1. The normalized spacial score (nSPS) is 16.7. The Morgan fingerprint density at radius 2 is 1.65 bits per heavy atom. The van der Waals surface area contributed by atoms with Gasteiger partial charge in [0.15, 0.2) is 0 Å². The zero-order valence-corrected chi connectivity index (χ0v) is 19.7. The zero-order chi connectivity index (χ0) is 24.2. The van der Waals surface area contributed by atoms with Crippen LogP contribution >= 0.6 is 0 Å². The molecular formula is C27H32N2O5. The summed E-state index contributed by atoms with van der Waals surface area (Å²) in [7, 11) is 0. The fourth-order valence-corrected chi connectivity index (χ4v) is 4.99. The monoisotopic (exact) mass is 464 g/mol. The van der Waals surface area contributed by atoms with Gasteiger partial charge in [-0.2, -0.15) is 0 Å². The average Bonchev–Trinajstić information content (AvgIpc) is 3.13. The van der Waals surface area contributed by atoms with E-state index in [1.807, 2.05) is 31.2 Å². The van der Waals surface area contributed by atoms with E-state index in [0.29, 0.717) is 19.5 Å². The van der Waals surface area contributed by atoms with Crippen molar-refractivity contribution in [2.24, 2.45) is 17.8 Å². The molecule has 0 saturated carbocycles. The smallest absolute Gasteiger partial charge is 0.407 e. The molecule has 4 rings (SSSR count). The van der Waals surface area contributed by atoms with Crippen LogP contribution in [0, 0.1) is 17.8 Å². The van der Waals surface area contributed by atoms with Crippen LogP contribution < -0.4 is 5.32 Å². The highest BCUT2D eigenvalue weighted by Crippen LogP contribution is 2.44. The first-order chi connectivity index (χ1) is 16.4. The van der Waals surface area contributed by atoms with Crippen LogP contribution in [0.1, 0.15) is 43.7 Å². The maximum absolute atomic E-state index is 12.9. The van der Waals surface area contributed by atoms with Crippen LogP contribution in [0.5, 0.6) is 0 Å². The standard InChI is InChI=1S/C27H32N2O5/c1-3-8-18(25(30)29-14-19(15-29)17(2)26(31)32)13-28-27(33)34-16-24-22-11-6-4-9-20(22)21-10-5-7-12-23(21)24/h4-7,9-12,17-19,24H,3,8,13-16H2,1-2H3,(H,28,33)(H,31,32). The Morgan fingerprint density at radius 1 is 1.06 bits per heavy atom. The predicted octanol–water partition coefficient (Wildman–Crippen LogP) is 4.12. The van der Waals surface area contributed by atoms with Crippen LogP contribution in [0.3, 0.4) is 0 Å². The van der Waals surface area contributed by atoms with Gasteiger partial charge in [0.2, 0.25) is 5.91 Å². The van der Waals surface area contributed by atoms with Crippen LogP contribution in [0.25, 0.3) is 11.1 Å². The summed E-state index contributed by atoms with van der Waals surface area (Å²) in [6.45, 7) is 5.02. The third kappa shape index (κ3) is 4.79. The lowest BCUT2D eigenvalue weighted by molar-refractivity contribution is -0.152. The molecule has 0 spiro atoms. The third-order valence-electron chi connectivity index (χ3n) is 7.14. The first-order valence-corrected chi connectivity index (χ1v) is 12.0. The summed E-state index contributed by atoms with van der Waals surface area (Å²) in [5, 5.41) is 11.9. The molecule has 7 nitrogen and oxygen atoms in total. The van der Waals surface area contributed by atoms with Crippen molar-refractivity contribution < 1.29 is 24.2 Å². The molecule has 2 atom stereocenters. The van der Waals surface area contributed by atoms with E-state index in [-0.39, 0.29) is 36.8 Å². The number of hydrogen-bond acceptors (Lipinski definition) is 4. The SMILES string of the molecule is CCCC(CNC(=O)OCC1c2ccccc2-c2ccccc21)C(=O)N1CC(C(C)C(=O)O)C1. The number of hydrogen-bond donors (Lipinski definition) is 2. The first-order valence-electron chi connectivity index (χ1n) is 12.0. The second-order valence-corrected chi connectivity index (χ2v) is 9.32. The van der Waals surface area contributed by atoms with Gasteiger partial charge in [-0.1, -0.05) is 68.8 Å². The van der Waals surface area contributed by atoms with Crippen LogP contribution in [0.15, 0.2) is 48.5 Å². The number of carboxylic acids is 1. The lowest BCUT2D eigenvalue weighted by atomic mass is 9.86. The van der Waals surface area contributed by atoms with Crippen LogP contribution in [0.4, 0.5) is 4.79 Å². The number of nitrogens with zero attached hydrogens (tertiary/aromatic N) is 1. The minimum absolute atomic E-state index is 0.0135. The van der Waals surface area contributed by atoms with Crippen molar-refractivity contribution in [3.63, 3.8) is 0 Å². The topological polar surface area (TPSA) is 95.9 Å². The number of alkyl carbamates (subject to hydrolysis) is 1. The van der Waals surface area contributed by atoms with Crippen molar-refractivity contribution in [1.82, 2.24) is 10.2 Å². The fraction of sp³-hybridized carbons (Fsp3) is 0.444. The molecule has 1 saturated heterocycles. The molecule has 180 valence electrons. The highest BCUT2D eigenvalue weighted by Gasteiger charge is 2.39. The summed E-state index contributed by atoms with van der Waals surface area (Å²) in [5.41, 5.74) is 4.65. The Balaban J connectivity index is 1.30. The van der Waals surface area contributed by atoms with E-state index >= 15 is 0 Å². The van der Waals surface area contributed by atoms with Gasteiger partial charge in [-0.15, -0.1) is 0 Å². The molecule has 1 aliphatic carbocycles. The maximum Gasteiger partial charge on any atom is 0.407 e. The van der Waals surface area contributed by atoms with E-state index in [2.05, 4.69) is 29.6 Å². The second kappa shape index (κ2) is 10.3. The largest absolute Gasteiger partial charge is 0.481 e. The first kappa shape index (κ1) is 23.8. The lowest BCUT2D eigenvalue weighted by Gasteiger charge is -2.42. The van der Waals surface area contributed by atoms with Gasteiger partial charge in [0.05, 0.1) is 11.8 Å². The maximum atomic E-state index is 12.9. The van der Waals surface area contributed by atoms with Crippen LogP contribution in [-0.2, 0) is 14.3 Å². The minimum Gasteiger partial charge on any atom is -0.481 e. The number of aliphatic carboxylic acids is 1. The number of likely N-dealkylation sites (tertiary alicyclic amines) is 1. The molecule has 0 aromatic heterocycles. The quantitative estimate of drug-likeness (QED) is 0.582. The molecule has 2 N–H and O–H groups in total. The molecule has 2 amide bonds. The van der Waals surface area contributed by atoms with E-state index in [1.54, 1.807) is 11.8 Å². The molecule has 2 aromatic rings. The summed E-state index contributed by atoms with van der Waals surface area (Å²) in [6, 6.07) is 16.3. The summed E-state index contributed by atoms with van der Waals surface area (Å²) in [6.07, 6.45) is 0.931. The van der Waals surface area contributed by atoms with Crippen molar-refractivity contribution in [3.8, 4) is 11.1 Å². The zero-order valence-electron chi connectivity index (χ0n) is 19.7. The highest BCUT2D eigenvalue weighted by molar-refractivity contribution is 5.81. The predicted molar refractivity (Wildman–Crippen MR) is 128 cm³/mol. The Kier molecular flexibility index (Phi) is 7.20. The van der Waals surface area contributed by atoms with Crippen molar-refractivity contribution in [3.05, 3.63) is 59.7 Å². The molecule has 0 bridgehead atoms. The van der Waals surface area contributed by atoms with Gasteiger partial charge in [-0.05, 0) is 28.7 Å². The number of nitrogens with one attached hydrogen (secondary N) is 1. The van der Waals surface area contributed by atoms with Crippen molar-refractivity contribution in [2.75, 3.05) is 26.2 Å². The van der Waals surface area contributed by atoms with E-state index in [4.69, 9.17) is 9.84 Å². The number of benzene rings is 2. The molecule has 1 fully saturated rings. The van der Waals surface area contributed by atoms with Crippen molar-refractivity contribution in [1.29, 1.82) is 0 Å². The average molecular weight is 465 g/mol. The molecule has 7 heteroatoms. The molecular weight excluding hydrogens is 432 g/mol. The number of amides is 2. The number of fused-ring (bicyclic) bond motifs is 3. The summed E-state index contributed by atoms with van der Waals surface area (Å²) >= 11 is 0. The summed E-state index contributed by atoms with van der Waals surface area (Å²) < 4.78 is 5.58. The molecule has 0 radical (unpaired) electrons. The minimum atomic E-state index is -0.834. The summed E-state index contributed by atoms with van der Waals surface area (Å²) in [5.74, 6) is -1.70. The van der Waals surface area contributed by atoms with E-state index < -0.39 is 18.0 Å². The third-order valence-corrected chi connectivity index (χ3v) is 7.14. The van der Waals surface area contributed by atoms with Gasteiger partial charge in [-0.25, -0.2) is 4.79 Å². The highest BCUT2D eigenvalue weighted by atomic mass is 16.5. The Hall–Kier alpha value is -3.35. The van der Waals surface area contributed by atoms with Gasteiger partial charge in [-0.3, -0.25) is 9.59 Å². The van der Waals surface area contributed by atoms with Crippen LogP contribution in [0.2, 0.25) is 0 Å². The van der Waals surface area contributed by atoms with Gasteiger partial charge < -0.3 is 20.1 Å². The van der Waals surface area contributed by atoms with Gasteiger partial charge in [0.25, 0.3) is 0 Å². The number of carbonyl (C=O) groups is 3. The molecule has 2 unspecified atom stereocenters. The molecule has 1 heterocycles. The van der Waals surface area contributed by atoms with Crippen LogP contribution in [-0.4, -0.2) is 54.2 Å². The molecule has 1 aliphatic heterocycles. The van der Waals surface area contributed by atoms with E-state index in [1.165, 1.54) is 11.1 Å². The Labute approximate surface area is 200 Å². The fourth-order valence-electron chi connectivity index (χ4n) is 4.99. The van der Waals surface area contributed by atoms with Gasteiger partial charge >= 0.3 is 12.1 Å². The van der Waals surface area contributed by atoms with Gasteiger partial charge in [0, 0.05) is 31.5 Å². The molecule has 2 aromatic carbocycles. The molecule has 2 aliphatic rings. The lowest BCUT2D eigenvalue weighted by Crippen LogP contribution is -2.56. The second-order valence-electron chi connectivity index (χ2n) is 9.32. The van der Waals surface area contributed by atoms with E-state index in [0.717, 1.165) is 17.5 Å². The van der Waals surface area contributed by atoms with Crippen molar-refractivity contribution >= 4 is 18.0 Å². The van der Waals surface area contributed by atoms with E-state index in [9.17, 15) is 14.4 Å². The number of carbonyl (C=O) groups excluding carboxylic acids is 2. The number of carboxylic acid groups (broad SMARTS) is 1. The molecule has 34 heavy (non-hydrogen) atoms. The Bertz CT molecular complexity index is 1020.